The molecule has 1 unspecified atom stereocenters. The molecule has 1 aromatic carbocycles. The van der Waals surface area contributed by atoms with Crippen LogP contribution in [0.15, 0.2) is 18.2 Å². The molecule has 1 amide bonds. The minimum absolute atomic E-state index is 0.00981. The van der Waals surface area contributed by atoms with Gasteiger partial charge in [0.1, 0.15) is 11.4 Å². The maximum Gasteiger partial charge on any atom is 0.305 e. The molecule has 1 aliphatic rings. The number of carboxylic acids is 1. The molecule has 1 atom stereocenters. The number of para-hydroxylation sites is 1. The number of fused-ring (bicyclic) bond motifs is 1. The number of nitrogen functional groups attached to an aromatic ring is 1. The molecule has 6 heteroatoms. The second-order valence-electron chi connectivity index (χ2n) is 5.11. The van der Waals surface area contributed by atoms with Crippen LogP contribution < -0.4 is 15.4 Å². The van der Waals surface area contributed by atoms with Gasteiger partial charge in [-0.25, -0.2) is 0 Å². The molecule has 0 aromatic heterocycles. The lowest BCUT2D eigenvalue weighted by Gasteiger charge is -2.36. The van der Waals surface area contributed by atoms with Crippen molar-refractivity contribution in [2.45, 2.75) is 26.4 Å². The third kappa shape index (κ3) is 2.54. The number of carboxylic acid groups (broad SMARTS) is 1. The number of carbonyl (C=O) groups excluding carboxylic acids is 1. The minimum Gasteiger partial charge on any atom is -0.481 e. The standard InChI is InChI=1S/C14H18N2O4/c1-8(2)13-14(19)16(7-6-11(17)18)12-9(15)4-3-5-10(12)20-13/h3-5,8,13H,6-7,15H2,1-2H3,(H,17,18). The topological polar surface area (TPSA) is 92.9 Å². The first kappa shape index (κ1) is 14.2. The Morgan fingerprint density at radius 2 is 2.20 bits per heavy atom. The number of hydrogen-bond acceptors (Lipinski definition) is 4. The summed E-state index contributed by atoms with van der Waals surface area (Å²) in [4.78, 5) is 24.6. The van der Waals surface area contributed by atoms with Crippen molar-refractivity contribution in [1.82, 2.24) is 0 Å². The first-order chi connectivity index (χ1) is 9.41. The largest absolute Gasteiger partial charge is 0.481 e. The Balaban J connectivity index is 2.41. The molecule has 0 saturated carbocycles. The van der Waals surface area contributed by atoms with Crippen LogP contribution in [0.3, 0.4) is 0 Å². The molecule has 6 nitrogen and oxygen atoms in total. The van der Waals surface area contributed by atoms with Crippen LogP contribution in [0.25, 0.3) is 0 Å². The molecule has 0 aliphatic carbocycles. The smallest absolute Gasteiger partial charge is 0.305 e. The summed E-state index contributed by atoms with van der Waals surface area (Å²) in [6.45, 7) is 3.85. The summed E-state index contributed by atoms with van der Waals surface area (Å²) in [6, 6.07) is 5.15. The fraction of sp³-hybridized carbons (Fsp3) is 0.429. The van der Waals surface area contributed by atoms with E-state index in [2.05, 4.69) is 0 Å². The molecule has 2 rings (SSSR count). The van der Waals surface area contributed by atoms with E-state index in [4.69, 9.17) is 15.6 Å². The van der Waals surface area contributed by atoms with Gasteiger partial charge in [0, 0.05) is 6.54 Å². The average Bonchev–Trinajstić information content (AvgIpc) is 2.37. The Bertz CT molecular complexity index is 542. The van der Waals surface area contributed by atoms with Crippen molar-refractivity contribution in [2.75, 3.05) is 17.2 Å². The van der Waals surface area contributed by atoms with Gasteiger partial charge in [-0.15, -0.1) is 0 Å². The summed E-state index contributed by atoms with van der Waals surface area (Å²) in [5, 5.41) is 8.82. The van der Waals surface area contributed by atoms with Gasteiger partial charge in [-0.05, 0) is 18.1 Å². The van der Waals surface area contributed by atoms with Gasteiger partial charge < -0.3 is 20.5 Å². The lowest BCUT2D eigenvalue weighted by molar-refractivity contribution is -0.136. The lowest BCUT2D eigenvalue weighted by atomic mass is 10.0. The monoisotopic (exact) mass is 278 g/mol. The van der Waals surface area contributed by atoms with E-state index in [1.165, 1.54) is 4.90 Å². The summed E-state index contributed by atoms with van der Waals surface area (Å²) in [7, 11) is 0. The fourth-order valence-electron chi connectivity index (χ4n) is 2.22. The molecule has 0 fully saturated rings. The van der Waals surface area contributed by atoms with Crippen LogP contribution in [-0.2, 0) is 9.59 Å². The number of nitrogens with zero attached hydrogens (tertiary/aromatic N) is 1. The molecule has 1 aliphatic heterocycles. The predicted octanol–water partition coefficient (Wildman–Crippen LogP) is 1.49. The fourth-order valence-corrected chi connectivity index (χ4v) is 2.22. The Labute approximate surface area is 117 Å². The first-order valence-electron chi connectivity index (χ1n) is 6.50. The Kier molecular flexibility index (Phi) is 3.83. The van der Waals surface area contributed by atoms with Crippen LogP contribution in [0.5, 0.6) is 5.75 Å². The zero-order valence-electron chi connectivity index (χ0n) is 11.5. The molecule has 0 radical (unpaired) electrons. The van der Waals surface area contributed by atoms with Gasteiger partial charge in [0.15, 0.2) is 6.10 Å². The normalized spacial score (nSPS) is 17.9. The second-order valence-corrected chi connectivity index (χ2v) is 5.11. The van der Waals surface area contributed by atoms with Crippen molar-refractivity contribution in [1.29, 1.82) is 0 Å². The van der Waals surface area contributed by atoms with Crippen LogP contribution >= 0.6 is 0 Å². The van der Waals surface area contributed by atoms with E-state index in [-0.39, 0.29) is 24.8 Å². The van der Waals surface area contributed by atoms with Gasteiger partial charge in [-0.3, -0.25) is 9.59 Å². The van der Waals surface area contributed by atoms with Crippen LogP contribution in [0.1, 0.15) is 20.3 Å². The highest BCUT2D eigenvalue weighted by molar-refractivity contribution is 6.03. The maximum absolute atomic E-state index is 12.4. The van der Waals surface area contributed by atoms with E-state index in [1.54, 1.807) is 18.2 Å². The van der Waals surface area contributed by atoms with Gasteiger partial charge in [0.25, 0.3) is 5.91 Å². The summed E-state index contributed by atoms with van der Waals surface area (Å²) in [5.74, 6) is -0.689. The molecule has 0 saturated heterocycles. The van der Waals surface area contributed by atoms with E-state index < -0.39 is 12.1 Å². The Morgan fingerprint density at radius 1 is 1.50 bits per heavy atom. The van der Waals surface area contributed by atoms with E-state index in [0.29, 0.717) is 17.1 Å². The van der Waals surface area contributed by atoms with E-state index >= 15 is 0 Å². The highest BCUT2D eigenvalue weighted by Crippen LogP contribution is 2.39. The average molecular weight is 278 g/mol. The third-order valence-corrected chi connectivity index (χ3v) is 3.22. The summed E-state index contributed by atoms with van der Waals surface area (Å²) >= 11 is 0. The van der Waals surface area contributed by atoms with Crippen molar-refractivity contribution in [2.24, 2.45) is 5.92 Å². The molecule has 3 N–H and O–H groups in total. The van der Waals surface area contributed by atoms with Crippen molar-refractivity contribution < 1.29 is 19.4 Å². The number of amides is 1. The number of rotatable bonds is 4. The Morgan fingerprint density at radius 3 is 2.80 bits per heavy atom. The van der Waals surface area contributed by atoms with E-state index in [1.807, 2.05) is 13.8 Å². The van der Waals surface area contributed by atoms with Gasteiger partial charge in [-0.1, -0.05) is 19.9 Å². The van der Waals surface area contributed by atoms with Gasteiger partial charge >= 0.3 is 5.97 Å². The van der Waals surface area contributed by atoms with Gasteiger partial charge in [0.05, 0.1) is 12.1 Å². The second kappa shape index (κ2) is 5.40. The Hall–Kier alpha value is -2.24. The summed E-state index contributed by atoms with van der Waals surface area (Å²) in [5.41, 5.74) is 6.77. The maximum atomic E-state index is 12.4. The quantitative estimate of drug-likeness (QED) is 0.814. The predicted molar refractivity (Wildman–Crippen MR) is 74.7 cm³/mol. The minimum atomic E-state index is -0.957. The zero-order valence-corrected chi connectivity index (χ0v) is 11.5. The highest BCUT2D eigenvalue weighted by Gasteiger charge is 2.37. The van der Waals surface area contributed by atoms with Crippen molar-refractivity contribution >= 4 is 23.3 Å². The van der Waals surface area contributed by atoms with Crippen molar-refractivity contribution in [3.63, 3.8) is 0 Å². The van der Waals surface area contributed by atoms with Crippen molar-refractivity contribution in [3.05, 3.63) is 18.2 Å². The number of hydrogen-bond donors (Lipinski definition) is 2. The van der Waals surface area contributed by atoms with Crippen molar-refractivity contribution in [3.8, 4) is 5.75 Å². The van der Waals surface area contributed by atoms with Crippen LogP contribution in [0.4, 0.5) is 11.4 Å². The van der Waals surface area contributed by atoms with E-state index in [9.17, 15) is 9.59 Å². The summed E-state index contributed by atoms with van der Waals surface area (Å²) < 4.78 is 5.70. The lowest BCUT2D eigenvalue weighted by Crippen LogP contribution is -2.49. The molecule has 0 spiro atoms. The number of nitrogens with two attached hydrogens (primary N) is 1. The molecule has 1 heterocycles. The van der Waals surface area contributed by atoms with Crippen LogP contribution in [0.2, 0.25) is 0 Å². The molecule has 20 heavy (non-hydrogen) atoms. The zero-order chi connectivity index (χ0) is 14.9. The molecular weight excluding hydrogens is 260 g/mol. The first-order valence-corrected chi connectivity index (χ1v) is 6.50. The number of aliphatic carboxylic acids is 1. The molecule has 108 valence electrons. The van der Waals surface area contributed by atoms with Crippen LogP contribution in [0, 0.1) is 5.92 Å². The van der Waals surface area contributed by atoms with Crippen LogP contribution in [-0.4, -0.2) is 29.6 Å². The molecule has 0 bridgehead atoms. The van der Waals surface area contributed by atoms with Gasteiger partial charge in [0.2, 0.25) is 0 Å². The number of ether oxygens (including phenoxy) is 1. The SMILES string of the molecule is CC(C)C1Oc2cccc(N)c2N(CCC(=O)O)C1=O. The highest BCUT2D eigenvalue weighted by atomic mass is 16.5. The third-order valence-electron chi connectivity index (χ3n) is 3.22. The molecule has 1 aromatic rings. The van der Waals surface area contributed by atoms with Gasteiger partial charge in [-0.2, -0.15) is 0 Å². The summed E-state index contributed by atoms with van der Waals surface area (Å²) in [6.07, 6.45) is -0.747. The molecular formula is C14H18N2O4. The number of carbonyl (C=O) groups is 2. The number of anilines is 2. The van der Waals surface area contributed by atoms with E-state index in [0.717, 1.165) is 0 Å². The number of benzene rings is 1.